The minimum Gasteiger partial charge on any atom is -0.489 e. The van der Waals surface area contributed by atoms with Crippen molar-refractivity contribution in [1.29, 1.82) is 0 Å². The van der Waals surface area contributed by atoms with Crippen molar-refractivity contribution in [2.24, 2.45) is 0 Å². The van der Waals surface area contributed by atoms with Gasteiger partial charge in [-0.15, -0.1) is 0 Å². The average Bonchev–Trinajstić information content (AvgIpc) is 3.48. The molecular formula is C32H30F2N2O6. The molecule has 2 amide bonds. The number of fused-ring (bicyclic) bond motifs is 1. The zero-order valence-electron chi connectivity index (χ0n) is 23.2. The summed E-state index contributed by atoms with van der Waals surface area (Å²) in [5, 5.41) is 9.59. The molecule has 2 heterocycles. The molecule has 0 radical (unpaired) electrons. The molecule has 1 fully saturated rings. The summed E-state index contributed by atoms with van der Waals surface area (Å²) in [5.41, 5.74) is 3.11. The highest BCUT2D eigenvalue weighted by Crippen LogP contribution is 2.34. The summed E-state index contributed by atoms with van der Waals surface area (Å²) in [6, 6.07) is 14.3. The van der Waals surface area contributed by atoms with Gasteiger partial charge in [0, 0.05) is 37.2 Å². The molecule has 1 aliphatic heterocycles. The number of piperidine rings is 1. The molecule has 0 aliphatic carbocycles. The van der Waals surface area contributed by atoms with Crippen LogP contribution in [0.25, 0.3) is 22.1 Å². The fourth-order valence-electron chi connectivity index (χ4n) is 5.41. The third-order valence-corrected chi connectivity index (χ3v) is 7.78. The number of carboxylic acid groups (broad SMARTS) is 1. The molecule has 0 unspecified atom stereocenters. The minimum absolute atomic E-state index is 0.0399. The second kappa shape index (κ2) is 12.0. The Labute approximate surface area is 241 Å². The SMILES string of the molecule is CC(=O)N1CCC(N(CC(=O)O)C(=O)c2cccc(COc3ccc(-c4cc(F)c(F)c5ccoc45)cc3)c2C)CC1. The van der Waals surface area contributed by atoms with Crippen LogP contribution in [0, 0.1) is 18.6 Å². The van der Waals surface area contributed by atoms with Crippen LogP contribution in [0.4, 0.5) is 8.78 Å². The average molecular weight is 577 g/mol. The molecule has 3 aromatic carbocycles. The first-order chi connectivity index (χ1) is 20.1. The second-order valence-electron chi connectivity index (χ2n) is 10.4. The van der Waals surface area contributed by atoms with Crippen molar-refractivity contribution in [2.45, 2.75) is 39.3 Å². The van der Waals surface area contributed by atoms with E-state index >= 15 is 0 Å². The van der Waals surface area contributed by atoms with Crippen molar-refractivity contribution in [3.8, 4) is 16.9 Å². The summed E-state index contributed by atoms with van der Waals surface area (Å²) in [6.07, 6.45) is 2.33. The molecule has 10 heteroatoms. The monoisotopic (exact) mass is 576 g/mol. The van der Waals surface area contributed by atoms with E-state index in [0.29, 0.717) is 53.9 Å². The highest BCUT2D eigenvalue weighted by molar-refractivity contribution is 5.97. The largest absolute Gasteiger partial charge is 0.489 e. The Hall–Kier alpha value is -4.73. The number of hydrogen-bond acceptors (Lipinski definition) is 5. The lowest BCUT2D eigenvalue weighted by molar-refractivity contribution is -0.139. The number of benzene rings is 3. The Kier molecular flexibility index (Phi) is 8.24. The predicted octanol–water partition coefficient (Wildman–Crippen LogP) is 5.80. The van der Waals surface area contributed by atoms with E-state index in [0.717, 1.165) is 11.6 Å². The van der Waals surface area contributed by atoms with Crippen LogP contribution in [0.1, 0.15) is 41.3 Å². The summed E-state index contributed by atoms with van der Waals surface area (Å²) in [7, 11) is 0. The van der Waals surface area contributed by atoms with E-state index in [1.54, 1.807) is 48.2 Å². The van der Waals surface area contributed by atoms with E-state index in [-0.39, 0.29) is 35.4 Å². The Morgan fingerprint density at radius 3 is 2.45 bits per heavy atom. The Bertz CT molecular complexity index is 1640. The van der Waals surface area contributed by atoms with Crippen LogP contribution >= 0.6 is 0 Å². The van der Waals surface area contributed by atoms with Gasteiger partial charge in [-0.2, -0.15) is 0 Å². The molecule has 4 aromatic rings. The number of rotatable bonds is 8. The topological polar surface area (TPSA) is 100 Å². The maximum atomic E-state index is 14.1. The van der Waals surface area contributed by atoms with Crippen LogP contribution in [-0.4, -0.2) is 58.4 Å². The fourth-order valence-corrected chi connectivity index (χ4v) is 5.41. The van der Waals surface area contributed by atoms with E-state index < -0.39 is 24.1 Å². The number of carbonyl (C=O) groups excluding carboxylic acids is 2. The highest BCUT2D eigenvalue weighted by atomic mass is 19.2. The number of furan rings is 1. The van der Waals surface area contributed by atoms with Gasteiger partial charge in [-0.1, -0.05) is 24.3 Å². The van der Waals surface area contributed by atoms with Gasteiger partial charge in [0.15, 0.2) is 11.6 Å². The van der Waals surface area contributed by atoms with Gasteiger partial charge in [-0.25, -0.2) is 8.78 Å². The molecule has 1 N–H and O–H groups in total. The normalized spacial score (nSPS) is 13.8. The van der Waals surface area contributed by atoms with Crippen molar-refractivity contribution in [2.75, 3.05) is 19.6 Å². The lowest BCUT2D eigenvalue weighted by Crippen LogP contribution is -2.50. The molecule has 0 saturated carbocycles. The Morgan fingerprint density at radius 2 is 1.79 bits per heavy atom. The molecule has 5 rings (SSSR count). The van der Waals surface area contributed by atoms with E-state index in [1.165, 1.54) is 24.2 Å². The van der Waals surface area contributed by atoms with Gasteiger partial charge in [0.25, 0.3) is 5.91 Å². The van der Waals surface area contributed by atoms with Crippen LogP contribution in [0.3, 0.4) is 0 Å². The van der Waals surface area contributed by atoms with Crippen LogP contribution in [0.5, 0.6) is 5.75 Å². The first-order valence-electron chi connectivity index (χ1n) is 13.6. The van der Waals surface area contributed by atoms with Gasteiger partial charge in [0.2, 0.25) is 5.91 Å². The Morgan fingerprint density at radius 1 is 1.07 bits per heavy atom. The molecule has 1 aromatic heterocycles. The van der Waals surface area contributed by atoms with Crippen molar-refractivity contribution in [1.82, 2.24) is 9.80 Å². The smallest absolute Gasteiger partial charge is 0.323 e. The quantitative estimate of drug-likeness (QED) is 0.285. The molecule has 0 atom stereocenters. The summed E-state index contributed by atoms with van der Waals surface area (Å²) < 4.78 is 39.6. The number of carbonyl (C=O) groups is 3. The third kappa shape index (κ3) is 5.83. The fraction of sp³-hybridized carbons (Fsp3) is 0.281. The standard InChI is InChI=1S/C32H30F2N2O6/c1-19-22(4-3-5-25(19)32(40)36(17-29(38)39)23-10-13-35(14-11-23)20(2)37)18-42-24-8-6-21(7-9-24)27-16-28(33)30(34)26-12-15-41-31(26)27/h3-9,12,15-16,23H,10-11,13-14,17-18H2,1-2H3,(H,38,39). The van der Waals surface area contributed by atoms with Crippen molar-refractivity contribution < 1.29 is 37.4 Å². The summed E-state index contributed by atoms with van der Waals surface area (Å²) in [4.78, 5) is 40.1. The van der Waals surface area contributed by atoms with Crippen molar-refractivity contribution in [3.05, 3.63) is 89.2 Å². The molecule has 42 heavy (non-hydrogen) atoms. The van der Waals surface area contributed by atoms with Gasteiger partial charge >= 0.3 is 5.97 Å². The first-order valence-corrected chi connectivity index (χ1v) is 13.6. The zero-order chi connectivity index (χ0) is 30.0. The number of aliphatic carboxylic acids is 1. The maximum absolute atomic E-state index is 14.1. The Balaban J connectivity index is 1.30. The maximum Gasteiger partial charge on any atom is 0.323 e. The highest BCUT2D eigenvalue weighted by Gasteiger charge is 2.31. The van der Waals surface area contributed by atoms with Gasteiger partial charge in [-0.3, -0.25) is 14.4 Å². The van der Waals surface area contributed by atoms with Crippen molar-refractivity contribution in [3.63, 3.8) is 0 Å². The minimum atomic E-state index is -1.10. The number of nitrogens with zero attached hydrogens (tertiary/aromatic N) is 2. The van der Waals surface area contributed by atoms with Crippen LogP contribution < -0.4 is 4.74 Å². The number of likely N-dealkylation sites (tertiary alicyclic amines) is 1. The lowest BCUT2D eigenvalue weighted by Gasteiger charge is -2.37. The molecule has 0 spiro atoms. The van der Waals surface area contributed by atoms with Gasteiger partial charge < -0.3 is 24.1 Å². The first kappa shape index (κ1) is 28.8. The predicted molar refractivity (Wildman–Crippen MR) is 151 cm³/mol. The zero-order valence-corrected chi connectivity index (χ0v) is 23.2. The van der Waals surface area contributed by atoms with Gasteiger partial charge in [0.05, 0.1) is 11.6 Å². The van der Waals surface area contributed by atoms with E-state index in [1.807, 2.05) is 6.07 Å². The number of hydrogen-bond donors (Lipinski definition) is 1. The van der Waals surface area contributed by atoms with Crippen LogP contribution in [0.2, 0.25) is 0 Å². The van der Waals surface area contributed by atoms with Gasteiger partial charge in [-0.05, 0) is 66.8 Å². The van der Waals surface area contributed by atoms with Gasteiger partial charge in [0.1, 0.15) is 24.5 Å². The summed E-state index contributed by atoms with van der Waals surface area (Å²) in [6.45, 7) is 3.95. The molecule has 0 bridgehead atoms. The molecule has 218 valence electrons. The van der Waals surface area contributed by atoms with Crippen molar-refractivity contribution >= 4 is 28.8 Å². The van der Waals surface area contributed by atoms with E-state index in [2.05, 4.69) is 0 Å². The lowest BCUT2D eigenvalue weighted by atomic mass is 9.98. The summed E-state index contributed by atoms with van der Waals surface area (Å²) >= 11 is 0. The van der Waals surface area contributed by atoms with Crippen LogP contribution in [0.15, 0.2) is 65.3 Å². The number of halogens is 2. The number of amides is 2. The van der Waals surface area contributed by atoms with Crippen LogP contribution in [-0.2, 0) is 16.2 Å². The third-order valence-electron chi connectivity index (χ3n) is 7.78. The molecule has 8 nitrogen and oxygen atoms in total. The summed E-state index contributed by atoms with van der Waals surface area (Å²) in [5.74, 6) is -2.91. The molecule has 1 saturated heterocycles. The molecule has 1 aliphatic rings. The molecular weight excluding hydrogens is 546 g/mol. The number of carboxylic acids is 1. The second-order valence-corrected chi connectivity index (χ2v) is 10.4. The number of ether oxygens (including phenoxy) is 1. The van der Waals surface area contributed by atoms with E-state index in [4.69, 9.17) is 9.15 Å². The van der Waals surface area contributed by atoms with E-state index in [9.17, 15) is 28.3 Å².